The summed E-state index contributed by atoms with van der Waals surface area (Å²) in [5, 5.41) is 7.57. The molecule has 19 heavy (non-hydrogen) atoms. The second-order valence-corrected chi connectivity index (χ2v) is 5.13. The zero-order valence-electron chi connectivity index (χ0n) is 11.2. The van der Waals surface area contributed by atoms with Crippen LogP contribution >= 0.6 is 0 Å². The number of nitrogens with one attached hydrogen (secondary N) is 1. The van der Waals surface area contributed by atoms with Crippen molar-refractivity contribution in [1.29, 1.82) is 0 Å². The Hall–Kier alpha value is -1.75. The normalized spacial score (nSPS) is 16.7. The van der Waals surface area contributed by atoms with E-state index in [0.717, 1.165) is 42.5 Å². The van der Waals surface area contributed by atoms with Gasteiger partial charge in [0.2, 0.25) is 0 Å². The van der Waals surface area contributed by atoms with Gasteiger partial charge in [-0.15, -0.1) is 0 Å². The zero-order valence-corrected chi connectivity index (χ0v) is 11.2. The van der Waals surface area contributed by atoms with Crippen LogP contribution in [0.5, 0.6) is 0 Å². The lowest BCUT2D eigenvalue weighted by Crippen LogP contribution is -2.28. The van der Waals surface area contributed by atoms with Crippen LogP contribution in [0.2, 0.25) is 0 Å². The van der Waals surface area contributed by atoms with Crippen molar-refractivity contribution in [3.8, 4) is 11.4 Å². The minimum absolute atomic E-state index is 0.734. The molecule has 0 aliphatic carbocycles. The van der Waals surface area contributed by atoms with Crippen molar-refractivity contribution in [3.63, 3.8) is 0 Å². The Morgan fingerprint density at radius 2 is 2.16 bits per heavy atom. The van der Waals surface area contributed by atoms with Crippen molar-refractivity contribution < 1.29 is 0 Å². The van der Waals surface area contributed by atoms with Crippen LogP contribution in [0.4, 0.5) is 0 Å². The van der Waals surface area contributed by atoms with Crippen molar-refractivity contribution in [2.75, 3.05) is 13.1 Å². The Balaban J connectivity index is 1.78. The molecule has 0 bridgehead atoms. The van der Waals surface area contributed by atoms with Gasteiger partial charge in [-0.3, -0.25) is 9.67 Å². The highest BCUT2D eigenvalue weighted by Gasteiger charge is 2.15. The van der Waals surface area contributed by atoms with Crippen molar-refractivity contribution in [2.45, 2.75) is 19.3 Å². The quantitative estimate of drug-likeness (QED) is 0.903. The van der Waals surface area contributed by atoms with E-state index in [2.05, 4.69) is 15.4 Å². The van der Waals surface area contributed by atoms with Crippen LogP contribution in [0.3, 0.4) is 0 Å². The molecule has 5 nitrogen and oxygen atoms in total. The predicted octanol–water partition coefficient (Wildman–Crippen LogP) is 1.42. The fourth-order valence-corrected chi connectivity index (χ4v) is 2.63. The van der Waals surface area contributed by atoms with E-state index in [1.165, 1.54) is 12.8 Å². The van der Waals surface area contributed by atoms with Crippen LogP contribution in [-0.4, -0.2) is 32.8 Å². The van der Waals surface area contributed by atoms with E-state index in [0.29, 0.717) is 0 Å². The van der Waals surface area contributed by atoms with E-state index in [4.69, 9.17) is 4.98 Å². The van der Waals surface area contributed by atoms with E-state index < -0.39 is 0 Å². The number of hydrogen-bond acceptors (Lipinski definition) is 4. The standard InChI is InChI=1S/C14H19N5/c1-19-14(4-7-17-19)13-10-16-9-12(18-13)8-11-2-5-15-6-3-11/h4,7,9-11,15H,2-3,5-6,8H2,1H3. The lowest BCUT2D eigenvalue weighted by molar-refractivity contribution is 0.370. The van der Waals surface area contributed by atoms with Crippen LogP contribution in [-0.2, 0) is 13.5 Å². The maximum Gasteiger partial charge on any atom is 0.107 e. The Labute approximate surface area is 113 Å². The van der Waals surface area contributed by atoms with Gasteiger partial charge in [0.05, 0.1) is 17.6 Å². The van der Waals surface area contributed by atoms with Gasteiger partial charge in [-0.25, -0.2) is 4.98 Å². The highest BCUT2D eigenvalue weighted by molar-refractivity contribution is 5.52. The summed E-state index contributed by atoms with van der Waals surface area (Å²) in [7, 11) is 1.93. The number of hydrogen-bond donors (Lipinski definition) is 1. The molecule has 0 amide bonds. The largest absolute Gasteiger partial charge is 0.317 e. The summed E-state index contributed by atoms with van der Waals surface area (Å²) in [5.74, 6) is 0.734. The van der Waals surface area contributed by atoms with E-state index in [1.54, 1.807) is 6.20 Å². The minimum atomic E-state index is 0.734. The Morgan fingerprint density at radius 1 is 1.32 bits per heavy atom. The number of aryl methyl sites for hydroxylation is 1. The first kappa shape index (κ1) is 12.3. The van der Waals surface area contributed by atoms with Crippen LogP contribution in [0.25, 0.3) is 11.4 Å². The summed E-state index contributed by atoms with van der Waals surface area (Å²) in [5.41, 5.74) is 3.01. The van der Waals surface area contributed by atoms with Gasteiger partial charge in [0.1, 0.15) is 5.69 Å². The van der Waals surface area contributed by atoms with Crippen LogP contribution in [0, 0.1) is 5.92 Å². The molecule has 2 aromatic heterocycles. The maximum atomic E-state index is 4.73. The monoisotopic (exact) mass is 257 g/mol. The molecule has 2 aromatic rings. The van der Waals surface area contributed by atoms with E-state index in [-0.39, 0.29) is 0 Å². The molecule has 5 heteroatoms. The van der Waals surface area contributed by atoms with Crippen LogP contribution in [0.1, 0.15) is 18.5 Å². The smallest absolute Gasteiger partial charge is 0.107 e. The molecule has 0 aromatic carbocycles. The average molecular weight is 257 g/mol. The third kappa shape index (κ3) is 2.81. The highest BCUT2D eigenvalue weighted by Crippen LogP contribution is 2.19. The zero-order chi connectivity index (χ0) is 13.1. The molecule has 0 spiro atoms. The van der Waals surface area contributed by atoms with Gasteiger partial charge in [0.25, 0.3) is 0 Å². The summed E-state index contributed by atoms with van der Waals surface area (Å²) >= 11 is 0. The summed E-state index contributed by atoms with van der Waals surface area (Å²) in [4.78, 5) is 9.05. The molecule has 1 saturated heterocycles. The van der Waals surface area contributed by atoms with E-state index in [1.807, 2.05) is 30.2 Å². The lowest BCUT2D eigenvalue weighted by Gasteiger charge is -2.22. The second-order valence-electron chi connectivity index (χ2n) is 5.13. The minimum Gasteiger partial charge on any atom is -0.317 e. The third-order valence-corrected chi connectivity index (χ3v) is 3.72. The molecule has 0 radical (unpaired) electrons. The molecule has 3 rings (SSSR count). The predicted molar refractivity (Wildman–Crippen MR) is 73.5 cm³/mol. The van der Waals surface area contributed by atoms with Crippen molar-refractivity contribution in [2.24, 2.45) is 13.0 Å². The molecule has 100 valence electrons. The first-order valence-corrected chi connectivity index (χ1v) is 6.83. The van der Waals surface area contributed by atoms with Gasteiger partial charge < -0.3 is 5.32 Å². The molecule has 1 fully saturated rings. The van der Waals surface area contributed by atoms with E-state index in [9.17, 15) is 0 Å². The summed E-state index contributed by atoms with van der Waals surface area (Å²) in [6, 6.07) is 1.97. The summed E-state index contributed by atoms with van der Waals surface area (Å²) in [6.45, 7) is 2.25. The summed E-state index contributed by atoms with van der Waals surface area (Å²) in [6.07, 6.45) is 8.98. The fraction of sp³-hybridized carbons (Fsp3) is 0.500. The van der Waals surface area contributed by atoms with Crippen molar-refractivity contribution in [3.05, 3.63) is 30.4 Å². The lowest BCUT2D eigenvalue weighted by atomic mass is 9.93. The van der Waals surface area contributed by atoms with Gasteiger partial charge in [0, 0.05) is 19.4 Å². The number of aromatic nitrogens is 4. The number of piperidine rings is 1. The van der Waals surface area contributed by atoms with Crippen LogP contribution < -0.4 is 5.32 Å². The molecule has 0 saturated carbocycles. The SMILES string of the molecule is Cn1nccc1-c1cncc(CC2CCNCC2)n1. The van der Waals surface area contributed by atoms with Crippen LogP contribution in [0.15, 0.2) is 24.7 Å². The van der Waals surface area contributed by atoms with E-state index >= 15 is 0 Å². The average Bonchev–Trinajstić information content (AvgIpc) is 2.86. The third-order valence-electron chi connectivity index (χ3n) is 3.72. The number of rotatable bonds is 3. The molecule has 1 N–H and O–H groups in total. The molecule has 3 heterocycles. The fourth-order valence-electron chi connectivity index (χ4n) is 2.63. The second kappa shape index (κ2) is 5.48. The first-order chi connectivity index (χ1) is 9.33. The number of nitrogens with zero attached hydrogens (tertiary/aromatic N) is 4. The Kier molecular flexibility index (Phi) is 3.55. The molecule has 0 unspecified atom stereocenters. The van der Waals surface area contributed by atoms with Gasteiger partial charge in [-0.2, -0.15) is 5.10 Å². The molecular formula is C14H19N5. The van der Waals surface area contributed by atoms with Gasteiger partial charge >= 0.3 is 0 Å². The van der Waals surface area contributed by atoms with Crippen molar-refractivity contribution >= 4 is 0 Å². The Morgan fingerprint density at radius 3 is 2.89 bits per heavy atom. The Bertz CT molecular complexity index is 542. The molecule has 0 atom stereocenters. The van der Waals surface area contributed by atoms with Gasteiger partial charge in [-0.05, 0) is 44.3 Å². The molecule has 1 aliphatic rings. The topological polar surface area (TPSA) is 55.6 Å². The molecule has 1 aliphatic heterocycles. The highest BCUT2D eigenvalue weighted by atomic mass is 15.3. The van der Waals surface area contributed by atoms with Crippen molar-refractivity contribution in [1.82, 2.24) is 25.1 Å². The van der Waals surface area contributed by atoms with Gasteiger partial charge in [0.15, 0.2) is 0 Å². The first-order valence-electron chi connectivity index (χ1n) is 6.83. The van der Waals surface area contributed by atoms with Gasteiger partial charge in [-0.1, -0.05) is 0 Å². The summed E-state index contributed by atoms with van der Waals surface area (Å²) < 4.78 is 1.83. The maximum absolute atomic E-state index is 4.73. The molecular weight excluding hydrogens is 238 g/mol.